The molecule has 0 saturated carbocycles. The normalized spacial score (nSPS) is 15.4. The monoisotopic (exact) mass is 672 g/mol. The molecule has 0 bridgehead atoms. The van der Waals surface area contributed by atoms with Gasteiger partial charge in [-0.05, 0) is 70.2 Å². The lowest BCUT2D eigenvalue weighted by molar-refractivity contribution is -0.130. The van der Waals surface area contributed by atoms with Gasteiger partial charge in [0.1, 0.15) is 36.1 Å². The fourth-order valence-corrected chi connectivity index (χ4v) is 5.28. The second-order valence-corrected chi connectivity index (χ2v) is 12.6. The minimum Gasteiger partial charge on any atom is -0.489 e. The van der Waals surface area contributed by atoms with Gasteiger partial charge >= 0.3 is 6.09 Å². The fraction of sp³-hybridized carbons (Fsp3) is 0.303. The minimum absolute atomic E-state index is 0.0544. The molecule has 4 aromatic rings. The number of anilines is 1. The molecule has 0 unspecified atom stereocenters. The number of amides is 3. The van der Waals surface area contributed by atoms with Crippen LogP contribution in [0.1, 0.15) is 39.0 Å². The van der Waals surface area contributed by atoms with Gasteiger partial charge in [0.2, 0.25) is 5.91 Å². The number of fused-ring (bicyclic) bond motifs is 2. The van der Waals surface area contributed by atoms with E-state index in [-0.39, 0.29) is 13.2 Å². The van der Waals surface area contributed by atoms with Crippen LogP contribution in [0.15, 0.2) is 71.2 Å². The minimum atomic E-state index is -1.05. The highest BCUT2D eigenvalue weighted by molar-refractivity contribution is 9.10. The third-order valence-electron chi connectivity index (χ3n) is 7.36. The molecule has 2 heterocycles. The SMILES string of the molecule is C[C@@H](C(=O)N[C@H]1COc2ccccc2N(Cc2nn(-c3ccccc3C#N)c3cc(Br)ccc23)C1=O)N(C)C(=O)OC(C)(C)C. The lowest BCUT2D eigenvalue weighted by Gasteiger charge is -2.29. The van der Waals surface area contributed by atoms with E-state index in [2.05, 4.69) is 27.3 Å². The fourth-order valence-electron chi connectivity index (χ4n) is 4.94. The molecule has 3 aromatic carbocycles. The maximum atomic E-state index is 14.2. The Morgan fingerprint density at radius 1 is 1.16 bits per heavy atom. The number of ether oxygens (including phenoxy) is 2. The lowest BCUT2D eigenvalue weighted by atomic mass is 10.1. The number of nitriles is 1. The molecule has 5 rings (SSSR count). The summed E-state index contributed by atoms with van der Waals surface area (Å²) < 4.78 is 13.9. The number of para-hydroxylation sites is 3. The van der Waals surface area contributed by atoms with Crippen molar-refractivity contribution in [3.63, 3.8) is 0 Å². The van der Waals surface area contributed by atoms with Crippen LogP contribution in [0.25, 0.3) is 16.6 Å². The van der Waals surface area contributed by atoms with Crippen LogP contribution in [-0.4, -0.2) is 63.9 Å². The van der Waals surface area contributed by atoms with Gasteiger partial charge < -0.3 is 19.7 Å². The van der Waals surface area contributed by atoms with Crippen molar-refractivity contribution >= 4 is 50.4 Å². The molecule has 11 nitrogen and oxygen atoms in total. The molecule has 0 saturated heterocycles. The standard InChI is InChI=1S/C33H33BrN6O5/c1-20(38(5)32(43)45-33(2,3)4)30(41)36-25-19-44-29-13-9-8-12-27(29)39(31(25)42)18-24-23-15-14-22(34)16-28(23)40(37-24)26-11-7-6-10-21(26)17-35/h6-16,20,25H,18-19H2,1-5H3,(H,36,41)/t20-,25-/m0/s1. The van der Waals surface area contributed by atoms with E-state index in [4.69, 9.17) is 14.6 Å². The van der Waals surface area contributed by atoms with Crippen molar-refractivity contribution in [1.82, 2.24) is 20.0 Å². The summed E-state index contributed by atoms with van der Waals surface area (Å²) in [6.07, 6.45) is -0.658. The number of rotatable bonds is 6. The lowest BCUT2D eigenvalue weighted by Crippen LogP contribution is -2.55. The van der Waals surface area contributed by atoms with Crippen LogP contribution in [0.2, 0.25) is 0 Å². The van der Waals surface area contributed by atoms with Crippen LogP contribution < -0.4 is 15.0 Å². The third-order valence-corrected chi connectivity index (χ3v) is 7.86. The van der Waals surface area contributed by atoms with Crippen molar-refractivity contribution in [2.75, 3.05) is 18.6 Å². The number of hydrogen-bond donors (Lipinski definition) is 1. The van der Waals surface area contributed by atoms with Crippen molar-refractivity contribution in [1.29, 1.82) is 5.26 Å². The Morgan fingerprint density at radius 2 is 1.84 bits per heavy atom. The van der Waals surface area contributed by atoms with Crippen molar-refractivity contribution in [2.24, 2.45) is 0 Å². The molecule has 232 valence electrons. The van der Waals surface area contributed by atoms with E-state index >= 15 is 0 Å². The number of aromatic nitrogens is 2. The number of benzene rings is 3. The summed E-state index contributed by atoms with van der Waals surface area (Å²) >= 11 is 3.54. The highest BCUT2D eigenvalue weighted by Crippen LogP contribution is 2.34. The second kappa shape index (κ2) is 12.6. The zero-order valence-electron chi connectivity index (χ0n) is 25.6. The van der Waals surface area contributed by atoms with Crippen LogP contribution in [0, 0.1) is 11.3 Å². The summed E-state index contributed by atoms with van der Waals surface area (Å²) in [4.78, 5) is 42.8. The first-order valence-corrected chi connectivity index (χ1v) is 15.1. The van der Waals surface area contributed by atoms with Crippen LogP contribution in [-0.2, 0) is 20.9 Å². The summed E-state index contributed by atoms with van der Waals surface area (Å²) in [6.45, 7) is 6.72. The van der Waals surface area contributed by atoms with Crippen LogP contribution >= 0.6 is 15.9 Å². The van der Waals surface area contributed by atoms with Crippen LogP contribution in [0.5, 0.6) is 5.75 Å². The molecule has 45 heavy (non-hydrogen) atoms. The Hall–Kier alpha value is -4.89. The van der Waals surface area contributed by atoms with Crippen molar-refractivity contribution in [2.45, 2.75) is 51.9 Å². The molecule has 1 aromatic heterocycles. The topological polar surface area (TPSA) is 130 Å². The summed E-state index contributed by atoms with van der Waals surface area (Å²) in [5.41, 5.74) is 2.18. The molecule has 0 fully saturated rings. The Balaban J connectivity index is 1.48. The number of carbonyl (C=O) groups excluding carboxylic acids is 3. The first kappa shape index (κ1) is 31.5. The van der Waals surface area contributed by atoms with Gasteiger partial charge in [0.25, 0.3) is 5.91 Å². The molecule has 1 N–H and O–H groups in total. The Kier molecular flexibility index (Phi) is 8.84. The highest BCUT2D eigenvalue weighted by Gasteiger charge is 2.36. The van der Waals surface area contributed by atoms with Gasteiger partial charge in [-0.2, -0.15) is 10.4 Å². The van der Waals surface area contributed by atoms with Gasteiger partial charge in [0.05, 0.1) is 34.7 Å². The van der Waals surface area contributed by atoms with Gasteiger partial charge in [0.15, 0.2) is 0 Å². The predicted octanol–water partition coefficient (Wildman–Crippen LogP) is 5.33. The maximum Gasteiger partial charge on any atom is 0.410 e. The first-order valence-electron chi connectivity index (χ1n) is 14.3. The average molecular weight is 674 g/mol. The molecule has 3 amide bonds. The quantitative estimate of drug-likeness (QED) is 0.293. The molecule has 1 aliphatic rings. The maximum absolute atomic E-state index is 14.2. The Bertz CT molecular complexity index is 1820. The van der Waals surface area contributed by atoms with Crippen molar-refractivity contribution in [3.8, 4) is 17.5 Å². The van der Waals surface area contributed by atoms with E-state index in [1.807, 2.05) is 30.3 Å². The number of nitrogens with one attached hydrogen (secondary N) is 1. The number of likely N-dealkylation sites (N-methyl/N-ethyl adjacent to an activating group) is 1. The molecule has 0 radical (unpaired) electrons. The van der Waals surface area contributed by atoms with Crippen LogP contribution in [0.4, 0.5) is 10.5 Å². The molecule has 0 aliphatic carbocycles. The molecule has 0 spiro atoms. The van der Waals surface area contributed by atoms with Gasteiger partial charge in [0, 0.05) is 16.9 Å². The molecule has 2 atom stereocenters. The largest absolute Gasteiger partial charge is 0.489 e. The van der Waals surface area contributed by atoms with Crippen molar-refractivity contribution in [3.05, 3.63) is 82.5 Å². The molecule has 12 heteroatoms. The first-order chi connectivity index (χ1) is 21.4. The second-order valence-electron chi connectivity index (χ2n) is 11.7. The van der Waals surface area contributed by atoms with Gasteiger partial charge in [-0.1, -0.05) is 40.2 Å². The van der Waals surface area contributed by atoms with Gasteiger partial charge in [-0.3, -0.25) is 14.5 Å². The highest BCUT2D eigenvalue weighted by atomic mass is 79.9. The number of halogens is 1. The third kappa shape index (κ3) is 6.63. The Morgan fingerprint density at radius 3 is 2.56 bits per heavy atom. The average Bonchev–Trinajstić information content (AvgIpc) is 3.30. The van der Waals surface area contributed by atoms with E-state index in [0.29, 0.717) is 28.4 Å². The zero-order valence-corrected chi connectivity index (χ0v) is 27.2. The molecule has 1 aliphatic heterocycles. The number of hydrogen-bond acceptors (Lipinski definition) is 7. The van der Waals surface area contributed by atoms with Crippen LogP contribution in [0.3, 0.4) is 0 Å². The summed E-state index contributed by atoms with van der Waals surface area (Å²) in [6, 6.07) is 20.3. The van der Waals surface area contributed by atoms with E-state index in [1.54, 1.807) is 73.7 Å². The number of nitrogens with zero attached hydrogens (tertiary/aromatic N) is 5. The van der Waals surface area contributed by atoms with E-state index in [0.717, 1.165) is 15.4 Å². The Labute approximate surface area is 269 Å². The zero-order chi connectivity index (χ0) is 32.5. The molecular weight excluding hydrogens is 640 g/mol. The summed E-state index contributed by atoms with van der Waals surface area (Å²) in [5, 5.41) is 18.2. The van der Waals surface area contributed by atoms with E-state index in [9.17, 15) is 19.6 Å². The summed E-state index contributed by atoms with van der Waals surface area (Å²) in [5.74, 6) is -0.468. The predicted molar refractivity (Wildman–Crippen MR) is 172 cm³/mol. The van der Waals surface area contributed by atoms with E-state index in [1.165, 1.54) is 11.9 Å². The smallest absolute Gasteiger partial charge is 0.410 e. The van der Waals surface area contributed by atoms with Gasteiger partial charge in [-0.15, -0.1) is 0 Å². The van der Waals surface area contributed by atoms with Crippen molar-refractivity contribution < 1.29 is 23.9 Å². The van der Waals surface area contributed by atoms with E-state index < -0.39 is 35.6 Å². The summed E-state index contributed by atoms with van der Waals surface area (Å²) in [7, 11) is 1.47. The molecular formula is C33H33BrN6O5. The number of carbonyl (C=O) groups is 3. The van der Waals surface area contributed by atoms with Gasteiger partial charge in [-0.25, -0.2) is 9.48 Å².